The minimum absolute atomic E-state index is 0.0668. The van der Waals surface area contributed by atoms with Crippen LogP contribution in [0.5, 0.6) is 0 Å². The number of halogens is 1. The Morgan fingerprint density at radius 3 is 2.09 bits per heavy atom. The Labute approximate surface area is 277 Å². The summed E-state index contributed by atoms with van der Waals surface area (Å²) in [6.07, 6.45) is 0.903. The van der Waals surface area contributed by atoms with Crippen molar-refractivity contribution in [3.05, 3.63) is 130 Å². The Morgan fingerprint density at radius 1 is 0.761 bits per heavy atom. The van der Waals surface area contributed by atoms with Crippen LogP contribution >= 0.6 is 15.9 Å². The number of fused-ring (bicyclic) bond motifs is 1. The second-order valence-corrected chi connectivity index (χ2v) is 13.0. The molecule has 0 spiro atoms. The zero-order valence-corrected chi connectivity index (χ0v) is 27.4. The van der Waals surface area contributed by atoms with Gasteiger partial charge in [-0.25, -0.2) is 0 Å². The highest BCUT2D eigenvalue weighted by Gasteiger charge is 2.33. The number of carboxylic acids is 1. The van der Waals surface area contributed by atoms with Crippen LogP contribution in [0.2, 0.25) is 0 Å². The number of esters is 1. The molecule has 7 rings (SSSR count). The van der Waals surface area contributed by atoms with Gasteiger partial charge in [-0.3, -0.25) is 19.4 Å². The first kappa shape index (κ1) is 31.7. The molecule has 0 atom stereocenters. The average molecular weight is 682 g/mol. The first-order valence-corrected chi connectivity index (χ1v) is 16.3. The molecule has 1 N–H and O–H groups in total. The van der Waals surface area contributed by atoms with Gasteiger partial charge in [-0.05, 0) is 65.1 Å². The molecule has 0 radical (unpaired) electrons. The van der Waals surface area contributed by atoms with Gasteiger partial charge in [-0.1, -0.05) is 82.7 Å². The van der Waals surface area contributed by atoms with Crippen LogP contribution < -0.4 is 0 Å². The molecule has 0 amide bonds. The molecule has 0 unspecified atom stereocenters. The van der Waals surface area contributed by atoms with Gasteiger partial charge >= 0.3 is 11.9 Å². The number of likely N-dealkylation sites (tertiary alicyclic amines) is 2. The van der Waals surface area contributed by atoms with E-state index in [1.54, 1.807) is 0 Å². The van der Waals surface area contributed by atoms with E-state index in [9.17, 15) is 9.59 Å². The van der Waals surface area contributed by atoms with Crippen molar-refractivity contribution in [3.8, 4) is 11.3 Å². The van der Waals surface area contributed by atoms with Crippen molar-refractivity contribution in [2.24, 2.45) is 11.8 Å². The second kappa shape index (κ2) is 14.5. The number of benzene rings is 4. The van der Waals surface area contributed by atoms with Crippen LogP contribution in [0.4, 0.5) is 0 Å². The van der Waals surface area contributed by atoms with Crippen molar-refractivity contribution in [2.75, 3.05) is 33.3 Å². The number of ether oxygens (including phenoxy) is 1. The molecular formula is C38H37BrN2O5. The van der Waals surface area contributed by atoms with E-state index >= 15 is 0 Å². The first-order chi connectivity index (χ1) is 22.3. The molecule has 2 aliphatic heterocycles. The van der Waals surface area contributed by atoms with Crippen LogP contribution in [0.15, 0.2) is 112 Å². The topological polar surface area (TPSA) is 83.2 Å². The molecule has 1 aromatic heterocycles. The van der Waals surface area contributed by atoms with E-state index in [-0.39, 0.29) is 17.8 Å². The number of rotatable bonds is 9. The first-order valence-electron chi connectivity index (χ1n) is 15.5. The number of nitrogens with zero attached hydrogens (tertiary/aromatic N) is 2. The number of carboxylic acid groups (broad SMARTS) is 1. The number of aliphatic carboxylic acids is 1. The molecule has 2 fully saturated rings. The maximum atomic E-state index is 11.2. The smallest absolute Gasteiger partial charge is 0.311 e. The summed E-state index contributed by atoms with van der Waals surface area (Å²) < 4.78 is 11.9. The Hall–Kier alpha value is -4.24. The van der Waals surface area contributed by atoms with Crippen molar-refractivity contribution >= 4 is 38.8 Å². The fourth-order valence-electron chi connectivity index (χ4n) is 6.02. The summed E-state index contributed by atoms with van der Waals surface area (Å²) >= 11 is 3.45. The number of hydrogen-bond donors (Lipinski definition) is 1. The van der Waals surface area contributed by atoms with Gasteiger partial charge in [0.05, 0.1) is 18.9 Å². The van der Waals surface area contributed by atoms with E-state index in [1.165, 1.54) is 29.4 Å². The maximum absolute atomic E-state index is 11.2. The van der Waals surface area contributed by atoms with Gasteiger partial charge in [0.1, 0.15) is 11.3 Å². The fourth-order valence-corrected chi connectivity index (χ4v) is 6.47. The summed E-state index contributed by atoms with van der Waals surface area (Å²) in [4.78, 5) is 26.6. The highest BCUT2D eigenvalue weighted by atomic mass is 79.9. The van der Waals surface area contributed by atoms with E-state index in [1.807, 2.05) is 30.3 Å². The van der Waals surface area contributed by atoms with E-state index < -0.39 is 5.97 Å². The van der Waals surface area contributed by atoms with Gasteiger partial charge in [0.2, 0.25) is 0 Å². The van der Waals surface area contributed by atoms with Gasteiger partial charge in [0.15, 0.2) is 0 Å². The van der Waals surface area contributed by atoms with Crippen molar-refractivity contribution in [1.29, 1.82) is 0 Å². The lowest BCUT2D eigenvalue weighted by molar-refractivity contribution is -0.151. The number of carbonyl (C=O) groups excluding carboxylic acids is 1. The van der Waals surface area contributed by atoms with Gasteiger partial charge in [-0.15, -0.1) is 0 Å². The monoisotopic (exact) mass is 680 g/mol. The molecule has 5 aromatic rings. The third kappa shape index (κ3) is 7.94. The predicted octanol–water partition coefficient (Wildman–Crippen LogP) is 7.26. The van der Waals surface area contributed by atoms with Crippen molar-refractivity contribution in [1.82, 2.24) is 9.80 Å². The molecule has 0 saturated carbocycles. The van der Waals surface area contributed by atoms with Crippen LogP contribution in [-0.4, -0.2) is 60.1 Å². The molecule has 236 valence electrons. The third-order valence-electron chi connectivity index (χ3n) is 8.54. The van der Waals surface area contributed by atoms with Crippen LogP contribution in [0.3, 0.4) is 0 Å². The molecular weight excluding hydrogens is 644 g/mol. The largest absolute Gasteiger partial charge is 0.481 e. The van der Waals surface area contributed by atoms with E-state index in [0.29, 0.717) is 13.1 Å². The summed E-state index contributed by atoms with van der Waals surface area (Å²) in [6, 6.07) is 35.5. The second-order valence-electron chi connectivity index (χ2n) is 12.1. The average Bonchev–Trinajstić information content (AvgIpc) is 3.45. The lowest BCUT2D eigenvalue weighted by Crippen LogP contribution is -2.49. The lowest BCUT2D eigenvalue weighted by Gasteiger charge is -2.37. The molecule has 0 aliphatic carbocycles. The van der Waals surface area contributed by atoms with Gasteiger partial charge in [-0.2, -0.15) is 0 Å². The Balaban J connectivity index is 0.000000196. The standard InChI is InChI=1S/C26H23NO3.C12H14BrNO2/c28-26(29)23-16-27(17-23)15-20-7-4-8-21(13-20)25-14-22-12-19(9-10-24(22)30-25)11-18-5-2-1-3-6-18;1-16-12(15)10-7-14(8-10)6-9-3-2-4-11(13)5-9/h1-10,12-14,23H,11,15-17H2,(H,28,29);2-5,10H,6-8H2,1H3. The minimum Gasteiger partial charge on any atom is -0.481 e. The van der Waals surface area contributed by atoms with E-state index in [0.717, 1.165) is 59.4 Å². The molecule has 2 aliphatic rings. The quantitative estimate of drug-likeness (QED) is 0.164. The Kier molecular flexibility index (Phi) is 9.97. The Morgan fingerprint density at radius 2 is 1.41 bits per heavy atom. The highest BCUT2D eigenvalue weighted by molar-refractivity contribution is 9.10. The van der Waals surface area contributed by atoms with Gasteiger partial charge in [0, 0.05) is 54.7 Å². The van der Waals surface area contributed by atoms with Gasteiger partial charge in [0.25, 0.3) is 0 Å². The third-order valence-corrected chi connectivity index (χ3v) is 9.04. The zero-order valence-electron chi connectivity index (χ0n) is 25.8. The van der Waals surface area contributed by atoms with Crippen LogP contribution in [0, 0.1) is 11.8 Å². The lowest BCUT2D eigenvalue weighted by atomic mass is 9.99. The number of furan rings is 1. The summed E-state index contributed by atoms with van der Waals surface area (Å²) in [5.41, 5.74) is 6.92. The number of methoxy groups -OCH3 is 1. The van der Waals surface area contributed by atoms with Crippen LogP contribution in [0.1, 0.15) is 22.3 Å². The summed E-state index contributed by atoms with van der Waals surface area (Å²) in [5.74, 6) is -0.0964. The summed E-state index contributed by atoms with van der Waals surface area (Å²) in [5, 5.41) is 10.1. The van der Waals surface area contributed by atoms with Crippen molar-refractivity contribution in [3.63, 3.8) is 0 Å². The highest BCUT2D eigenvalue weighted by Crippen LogP contribution is 2.30. The van der Waals surface area contributed by atoms with Crippen LogP contribution in [0.25, 0.3) is 22.3 Å². The molecule has 8 heteroatoms. The summed E-state index contributed by atoms with van der Waals surface area (Å²) in [6.45, 7) is 4.51. The zero-order chi connectivity index (χ0) is 32.0. The van der Waals surface area contributed by atoms with Gasteiger partial charge < -0.3 is 14.3 Å². The van der Waals surface area contributed by atoms with E-state index in [2.05, 4.69) is 98.5 Å². The predicted molar refractivity (Wildman–Crippen MR) is 182 cm³/mol. The van der Waals surface area contributed by atoms with Crippen LogP contribution in [-0.2, 0) is 33.8 Å². The normalized spacial score (nSPS) is 15.4. The van der Waals surface area contributed by atoms with Crippen molar-refractivity contribution in [2.45, 2.75) is 19.5 Å². The molecule has 0 bridgehead atoms. The molecule has 7 nitrogen and oxygen atoms in total. The number of hydrogen-bond acceptors (Lipinski definition) is 6. The SMILES string of the molecule is COC(=O)C1CN(Cc2cccc(Br)c2)C1.O=C(O)C1CN(Cc2cccc(-c3cc4cc(Cc5ccccc5)ccc4o3)c2)C1. The summed E-state index contributed by atoms with van der Waals surface area (Å²) in [7, 11) is 1.44. The molecule has 2 saturated heterocycles. The Bertz CT molecular complexity index is 1810. The molecule has 3 heterocycles. The maximum Gasteiger partial charge on any atom is 0.311 e. The van der Waals surface area contributed by atoms with Crippen molar-refractivity contribution < 1.29 is 23.8 Å². The number of carbonyl (C=O) groups is 2. The minimum atomic E-state index is -0.700. The molecule has 4 aromatic carbocycles. The van der Waals surface area contributed by atoms with E-state index in [4.69, 9.17) is 14.3 Å². The fraction of sp³-hybridized carbons (Fsp3) is 0.263. The molecule has 46 heavy (non-hydrogen) atoms.